The zero-order valence-electron chi connectivity index (χ0n) is 11.8. The van der Waals surface area contributed by atoms with Crippen molar-refractivity contribution in [1.29, 1.82) is 0 Å². The number of nitrogens with zero attached hydrogens (tertiary/aromatic N) is 1. The summed E-state index contributed by atoms with van der Waals surface area (Å²) in [5.41, 5.74) is 0.470. The van der Waals surface area contributed by atoms with E-state index in [4.69, 9.17) is 9.25 Å². The Morgan fingerprint density at radius 2 is 1.77 bits per heavy atom. The van der Waals surface area contributed by atoms with Crippen LogP contribution in [0.1, 0.15) is 33.4 Å². The first kappa shape index (κ1) is 14.1. The average molecular weight is 299 g/mol. The third kappa shape index (κ3) is 2.39. The summed E-state index contributed by atoms with van der Waals surface area (Å²) in [6, 6.07) is 9.80. The molecule has 0 spiro atoms. The normalized spacial score (nSPS) is 14.9. The van der Waals surface area contributed by atoms with Crippen molar-refractivity contribution in [3.63, 3.8) is 0 Å². The Bertz CT molecular complexity index is 700. The predicted octanol–water partition coefficient (Wildman–Crippen LogP) is 2.21. The van der Waals surface area contributed by atoms with Gasteiger partial charge >= 0.3 is 5.97 Å². The van der Waals surface area contributed by atoms with Crippen molar-refractivity contribution >= 4 is 17.8 Å². The number of carbonyl (C=O) groups is 3. The van der Waals surface area contributed by atoms with Crippen LogP contribution in [0.25, 0.3) is 0 Å². The molecule has 3 rings (SSSR count). The number of imide groups is 1. The molecule has 0 aliphatic carbocycles. The van der Waals surface area contributed by atoms with Crippen molar-refractivity contribution in [3.05, 3.63) is 59.5 Å². The van der Waals surface area contributed by atoms with Crippen molar-refractivity contribution in [2.24, 2.45) is 5.92 Å². The molecule has 1 aliphatic rings. The van der Waals surface area contributed by atoms with Crippen molar-refractivity contribution < 1.29 is 23.6 Å². The minimum atomic E-state index is -0.661. The summed E-state index contributed by atoms with van der Waals surface area (Å²) >= 11 is 0. The van der Waals surface area contributed by atoms with Gasteiger partial charge in [-0.25, -0.2) is 4.79 Å². The molecule has 0 radical (unpaired) electrons. The molecule has 1 aromatic heterocycles. The second kappa shape index (κ2) is 5.48. The molecular formula is C16H13NO5. The van der Waals surface area contributed by atoms with Gasteiger partial charge in [-0.05, 0) is 24.3 Å². The van der Waals surface area contributed by atoms with Gasteiger partial charge in [0.2, 0.25) is 0 Å². The molecule has 1 atom stereocenters. The van der Waals surface area contributed by atoms with E-state index < -0.39 is 23.7 Å². The van der Waals surface area contributed by atoms with Crippen LogP contribution in [0.5, 0.6) is 0 Å². The zero-order valence-corrected chi connectivity index (χ0v) is 11.8. The highest BCUT2D eigenvalue weighted by atomic mass is 16.7. The lowest BCUT2D eigenvalue weighted by atomic mass is 10.1. The van der Waals surface area contributed by atoms with E-state index in [1.54, 1.807) is 31.2 Å². The molecule has 0 bridgehead atoms. The van der Waals surface area contributed by atoms with E-state index in [1.807, 2.05) is 0 Å². The molecule has 22 heavy (non-hydrogen) atoms. The molecule has 1 unspecified atom stereocenters. The lowest BCUT2D eigenvalue weighted by molar-refractivity contribution is -0.173. The van der Waals surface area contributed by atoms with E-state index in [-0.39, 0.29) is 11.1 Å². The molecule has 0 saturated carbocycles. The molecule has 1 aliphatic heterocycles. The summed E-state index contributed by atoms with van der Waals surface area (Å²) < 4.78 is 5.16. The quantitative estimate of drug-likeness (QED) is 0.809. The van der Waals surface area contributed by atoms with Gasteiger partial charge in [-0.15, -0.1) is 0 Å². The fraction of sp³-hybridized carbons (Fsp3) is 0.188. The van der Waals surface area contributed by atoms with Crippen LogP contribution in [0.3, 0.4) is 0 Å². The number of rotatable bonds is 4. The SMILES string of the molecule is CC(Cc1ccco1)C(=O)ON1C(=O)c2ccccc2C1=O. The number of furan rings is 1. The third-order valence-electron chi connectivity index (χ3n) is 3.43. The maximum absolute atomic E-state index is 12.1. The van der Waals surface area contributed by atoms with Gasteiger partial charge in [-0.2, -0.15) is 0 Å². The molecule has 0 fully saturated rings. The van der Waals surface area contributed by atoms with Crippen LogP contribution < -0.4 is 0 Å². The number of hydrogen-bond acceptors (Lipinski definition) is 5. The van der Waals surface area contributed by atoms with E-state index in [2.05, 4.69) is 0 Å². The van der Waals surface area contributed by atoms with E-state index in [1.165, 1.54) is 18.4 Å². The number of fused-ring (bicyclic) bond motifs is 1. The Morgan fingerprint density at radius 3 is 2.32 bits per heavy atom. The standard InChI is InChI=1S/C16H13NO5/c1-10(9-11-5-4-8-21-11)16(20)22-17-14(18)12-6-2-3-7-13(12)15(17)19/h2-8,10H,9H2,1H3. The van der Waals surface area contributed by atoms with Gasteiger partial charge in [0, 0.05) is 6.42 Å². The largest absolute Gasteiger partial charge is 0.469 e. The minimum Gasteiger partial charge on any atom is -0.469 e. The molecule has 6 heteroatoms. The molecule has 0 saturated heterocycles. The Balaban J connectivity index is 1.70. The monoisotopic (exact) mass is 299 g/mol. The first-order valence-electron chi connectivity index (χ1n) is 6.80. The average Bonchev–Trinajstić information content (AvgIpc) is 3.10. The van der Waals surface area contributed by atoms with Crippen LogP contribution >= 0.6 is 0 Å². The first-order valence-corrected chi connectivity index (χ1v) is 6.80. The van der Waals surface area contributed by atoms with Crippen LogP contribution in [-0.2, 0) is 16.1 Å². The van der Waals surface area contributed by atoms with Crippen molar-refractivity contribution in [1.82, 2.24) is 5.06 Å². The van der Waals surface area contributed by atoms with Crippen molar-refractivity contribution in [2.75, 3.05) is 0 Å². The van der Waals surface area contributed by atoms with E-state index in [0.29, 0.717) is 17.2 Å². The smallest absolute Gasteiger partial charge is 0.336 e. The molecule has 2 amide bonds. The Kier molecular flexibility index (Phi) is 3.50. The summed E-state index contributed by atoms with van der Waals surface area (Å²) in [5.74, 6) is -1.83. The molecule has 112 valence electrons. The summed E-state index contributed by atoms with van der Waals surface area (Å²) in [6.45, 7) is 1.64. The second-order valence-corrected chi connectivity index (χ2v) is 5.05. The van der Waals surface area contributed by atoms with Crippen LogP contribution in [-0.4, -0.2) is 22.8 Å². The highest BCUT2D eigenvalue weighted by molar-refractivity contribution is 6.20. The lowest BCUT2D eigenvalue weighted by Crippen LogP contribution is -2.35. The Hall–Kier alpha value is -2.89. The highest BCUT2D eigenvalue weighted by Gasteiger charge is 2.39. The second-order valence-electron chi connectivity index (χ2n) is 5.05. The number of benzene rings is 1. The predicted molar refractivity (Wildman–Crippen MR) is 74.6 cm³/mol. The van der Waals surface area contributed by atoms with E-state index >= 15 is 0 Å². The lowest BCUT2D eigenvalue weighted by Gasteiger charge is -2.15. The molecule has 6 nitrogen and oxygen atoms in total. The maximum atomic E-state index is 12.1. The van der Waals surface area contributed by atoms with E-state index in [0.717, 1.165) is 0 Å². The molecule has 1 aromatic carbocycles. The summed E-state index contributed by atoms with van der Waals surface area (Å²) in [6.07, 6.45) is 1.84. The number of hydroxylamine groups is 2. The fourth-order valence-corrected chi connectivity index (χ4v) is 2.24. The van der Waals surface area contributed by atoms with E-state index in [9.17, 15) is 14.4 Å². The minimum absolute atomic E-state index is 0.235. The number of carbonyl (C=O) groups excluding carboxylic acids is 3. The van der Waals surface area contributed by atoms with Crippen molar-refractivity contribution in [3.8, 4) is 0 Å². The third-order valence-corrected chi connectivity index (χ3v) is 3.43. The maximum Gasteiger partial charge on any atom is 0.336 e. The van der Waals surface area contributed by atoms with Crippen LogP contribution in [0.4, 0.5) is 0 Å². The van der Waals surface area contributed by atoms with Gasteiger partial charge < -0.3 is 9.25 Å². The topological polar surface area (TPSA) is 76.8 Å². The Morgan fingerprint density at radius 1 is 1.14 bits per heavy atom. The molecule has 0 N–H and O–H groups in total. The van der Waals surface area contributed by atoms with Gasteiger partial charge in [-0.1, -0.05) is 24.1 Å². The number of hydrogen-bond donors (Lipinski definition) is 0. The molecule has 2 heterocycles. The first-order chi connectivity index (χ1) is 10.6. The molecule has 2 aromatic rings. The zero-order chi connectivity index (χ0) is 15.7. The highest BCUT2D eigenvalue weighted by Crippen LogP contribution is 2.23. The van der Waals surface area contributed by atoms with Crippen LogP contribution in [0.2, 0.25) is 0 Å². The van der Waals surface area contributed by atoms with Gasteiger partial charge in [-0.3, -0.25) is 9.59 Å². The van der Waals surface area contributed by atoms with Gasteiger partial charge in [0.05, 0.1) is 23.3 Å². The van der Waals surface area contributed by atoms with Crippen LogP contribution in [0, 0.1) is 5.92 Å². The van der Waals surface area contributed by atoms with Gasteiger partial charge in [0.1, 0.15) is 5.76 Å². The van der Waals surface area contributed by atoms with Crippen LogP contribution in [0.15, 0.2) is 47.1 Å². The van der Waals surface area contributed by atoms with Crippen molar-refractivity contribution in [2.45, 2.75) is 13.3 Å². The van der Waals surface area contributed by atoms with Gasteiger partial charge in [0.15, 0.2) is 0 Å². The molecular weight excluding hydrogens is 286 g/mol. The summed E-state index contributed by atoms with van der Waals surface area (Å²) in [7, 11) is 0. The fourth-order valence-electron chi connectivity index (χ4n) is 2.24. The Labute approximate surface area is 126 Å². The summed E-state index contributed by atoms with van der Waals surface area (Å²) in [5, 5.41) is 0.519. The van der Waals surface area contributed by atoms with Gasteiger partial charge in [0.25, 0.3) is 11.8 Å². The number of amides is 2. The summed E-state index contributed by atoms with van der Waals surface area (Å²) in [4.78, 5) is 41.2.